The molecule has 0 aromatic carbocycles. The van der Waals surface area contributed by atoms with Gasteiger partial charge in [-0.1, -0.05) is 0 Å². The molecule has 0 aliphatic carbocycles. The maximum absolute atomic E-state index is 12.6. The Morgan fingerprint density at radius 1 is 1.17 bits per heavy atom. The van der Waals surface area contributed by atoms with Gasteiger partial charge >= 0.3 is 6.18 Å². The second-order valence-corrected chi connectivity index (χ2v) is 5.64. The van der Waals surface area contributed by atoms with E-state index >= 15 is 0 Å². The molecule has 0 fully saturated rings. The largest absolute Gasteiger partial charge is 0.425 e. The van der Waals surface area contributed by atoms with Crippen LogP contribution >= 0.6 is 11.3 Å². The summed E-state index contributed by atoms with van der Waals surface area (Å²) in [4.78, 5) is 0.0265. The van der Waals surface area contributed by atoms with Crippen LogP contribution in [-0.2, 0) is 18.6 Å². The average Bonchev–Trinajstić information content (AvgIpc) is 2.83. The zero-order valence-electron chi connectivity index (χ0n) is 10.1. The van der Waals surface area contributed by atoms with Gasteiger partial charge in [0.25, 0.3) is 0 Å². The molecule has 0 aliphatic heterocycles. The first kappa shape index (κ1) is 13.1. The molecule has 0 atom stereocenters. The quantitative estimate of drug-likeness (QED) is 0.842. The molecule has 0 saturated heterocycles. The Balaban J connectivity index is 2.43. The van der Waals surface area contributed by atoms with Gasteiger partial charge in [0, 0.05) is 11.9 Å². The van der Waals surface area contributed by atoms with Gasteiger partial charge in [-0.15, -0.1) is 21.5 Å². The molecule has 7 heteroatoms. The molecule has 2 aromatic heterocycles. The van der Waals surface area contributed by atoms with Crippen molar-refractivity contribution in [3.8, 4) is 0 Å². The van der Waals surface area contributed by atoms with Crippen molar-refractivity contribution in [2.24, 2.45) is 7.05 Å². The van der Waals surface area contributed by atoms with Crippen molar-refractivity contribution >= 4 is 11.3 Å². The first-order valence-electron chi connectivity index (χ1n) is 5.25. The molecular formula is C11H12F3N3S. The van der Waals surface area contributed by atoms with Gasteiger partial charge in [0.05, 0.1) is 5.41 Å². The molecule has 0 N–H and O–H groups in total. The Morgan fingerprint density at radius 2 is 1.78 bits per heavy atom. The van der Waals surface area contributed by atoms with Crippen molar-refractivity contribution in [2.45, 2.75) is 25.4 Å². The third-order valence-corrected chi connectivity index (χ3v) is 4.23. The van der Waals surface area contributed by atoms with E-state index in [1.165, 1.54) is 12.4 Å². The second-order valence-electron chi connectivity index (χ2n) is 4.55. The topological polar surface area (TPSA) is 30.7 Å². The minimum Gasteiger partial charge on any atom is -0.320 e. The predicted octanol–water partition coefficient (Wildman–Crippen LogP) is 3.22. The molecule has 0 radical (unpaired) electrons. The molecule has 0 amide bonds. The molecule has 2 rings (SSSR count). The average molecular weight is 275 g/mol. The SMILES string of the molecule is Cn1cnnc1C(C)(C)c1ccc(C(F)(F)F)s1. The Kier molecular flexibility index (Phi) is 2.96. The van der Waals surface area contributed by atoms with Crippen LogP contribution < -0.4 is 0 Å². The van der Waals surface area contributed by atoms with Crippen molar-refractivity contribution in [3.05, 3.63) is 34.0 Å². The Morgan fingerprint density at radius 3 is 2.22 bits per heavy atom. The van der Waals surface area contributed by atoms with Crippen LogP contribution in [-0.4, -0.2) is 14.8 Å². The summed E-state index contributed by atoms with van der Waals surface area (Å²) in [5.74, 6) is 0.637. The number of nitrogens with zero attached hydrogens (tertiary/aromatic N) is 3. The van der Waals surface area contributed by atoms with Gasteiger partial charge in [0.1, 0.15) is 17.0 Å². The summed E-state index contributed by atoms with van der Waals surface area (Å²) >= 11 is 0.748. The highest BCUT2D eigenvalue weighted by molar-refractivity contribution is 7.12. The van der Waals surface area contributed by atoms with E-state index in [0.717, 1.165) is 17.4 Å². The highest BCUT2D eigenvalue weighted by atomic mass is 32.1. The molecule has 2 aromatic rings. The number of alkyl halides is 3. The van der Waals surface area contributed by atoms with E-state index in [2.05, 4.69) is 10.2 Å². The van der Waals surface area contributed by atoms with Gasteiger partial charge in [0.2, 0.25) is 0 Å². The van der Waals surface area contributed by atoms with E-state index in [1.54, 1.807) is 11.6 Å². The van der Waals surface area contributed by atoms with Gasteiger partial charge in [-0.3, -0.25) is 0 Å². The van der Waals surface area contributed by atoms with Gasteiger partial charge in [-0.05, 0) is 26.0 Å². The number of halogens is 3. The standard InChI is InChI=1S/C11H12F3N3S/c1-10(2,9-16-15-6-17(9)3)7-4-5-8(18-7)11(12,13)14/h4-6H,1-3H3. The van der Waals surface area contributed by atoms with Crippen LogP contribution in [0.2, 0.25) is 0 Å². The van der Waals surface area contributed by atoms with E-state index in [0.29, 0.717) is 10.7 Å². The fourth-order valence-electron chi connectivity index (χ4n) is 1.79. The van der Waals surface area contributed by atoms with Crippen LogP contribution in [0.4, 0.5) is 13.2 Å². The first-order valence-corrected chi connectivity index (χ1v) is 6.06. The van der Waals surface area contributed by atoms with Crippen molar-refractivity contribution in [3.63, 3.8) is 0 Å². The van der Waals surface area contributed by atoms with E-state index in [4.69, 9.17) is 0 Å². The molecule has 0 spiro atoms. The van der Waals surface area contributed by atoms with E-state index < -0.39 is 16.5 Å². The number of aryl methyl sites for hydroxylation is 1. The van der Waals surface area contributed by atoms with Crippen LogP contribution in [0.1, 0.15) is 29.4 Å². The van der Waals surface area contributed by atoms with Gasteiger partial charge in [-0.25, -0.2) is 0 Å². The summed E-state index contributed by atoms with van der Waals surface area (Å²) in [6.07, 6.45) is -2.76. The third kappa shape index (κ3) is 2.14. The lowest BCUT2D eigenvalue weighted by Crippen LogP contribution is -2.22. The van der Waals surface area contributed by atoms with Crippen LogP contribution in [0, 0.1) is 0 Å². The maximum atomic E-state index is 12.6. The van der Waals surface area contributed by atoms with Crippen LogP contribution in [0.3, 0.4) is 0 Å². The second kappa shape index (κ2) is 4.08. The number of thiophene rings is 1. The summed E-state index contributed by atoms with van der Waals surface area (Å²) in [6.45, 7) is 3.67. The normalized spacial score (nSPS) is 13.0. The number of aromatic nitrogens is 3. The summed E-state index contributed by atoms with van der Waals surface area (Å²) in [7, 11) is 1.77. The fourth-order valence-corrected chi connectivity index (χ4v) is 2.76. The Hall–Kier alpha value is -1.37. The number of rotatable bonds is 2. The van der Waals surface area contributed by atoms with Crippen molar-refractivity contribution < 1.29 is 13.2 Å². The summed E-state index contributed by atoms with van der Waals surface area (Å²) < 4.78 is 39.5. The lowest BCUT2D eigenvalue weighted by Gasteiger charge is -2.21. The minimum atomic E-state index is -4.29. The summed E-state index contributed by atoms with van der Waals surface area (Å²) in [5.41, 5.74) is -0.598. The summed E-state index contributed by atoms with van der Waals surface area (Å²) in [5, 5.41) is 7.74. The zero-order chi connectivity index (χ0) is 13.6. The van der Waals surface area contributed by atoms with Crippen molar-refractivity contribution in [1.29, 1.82) is 0 Å². The van der Waals surface area contributed by atoms with Gasteiger partial charge in [-0.2, -0.15) is 13.2 Å². The Labute approximate surface area is 106 Å². The molecule has 18 heavy (non-hydrogen) atoms. The molecule has 0 unspecified atom stereocenters. The maximum Gasteiger partial charge on any atom is 0.425 e. The van der Waals surface area contributed by atoms with E-state index in [9.17, 15) is 13.2 Å². The third-order valence-electron chi connectivity index (χ3n) is 2.77. The highest BCUT2D eigenvalue weighted by Crippen LogP contribution is 2.40. The number of hydrogen-bond donors (Lipinski definition) is 0. The van der Waals surface area contributed by atoms with Crippen LogP contribution in [0.25, 0.3) is 0 Å². The minimum absolute atomic E-state index is 0.590. The smallest absolute Gasteiger partial charge is 0.320 e. The molecule has 98 valence electrons. The lowest BCUT2D eigenvalue weighted by atomic mass is 9.90. The molecule has 0 saturated carbocycles. The van der Waals surface area contributed by atoms with Crippen molar-refractivity contribution in [2.75, 3.05) is 0 Å². The molecule has 3 nitrogen and oxygen atoms in total. The first-order chi connectivity index (χ1) is 8.23. The molecule has 0 bridgehead atoms. The Bertz CT molecular complexity index is 554. The zero-order valence-corrected chi connectivity index (χ0v) is 10.9. The molecule has 0 aliphatic rings. The van der Waals surface area contributed by atoms with E-state index in [-0.39, 0.29) is 0 Å². The molecule has 2 heterocycles. The fraction of sp³-hybridized carbons (Fsp3) is 0.455. The molecular weight excluding hydrogens is 263 g/mol. The van der Waals surface area contributed by atoms with Crippen LogP contribution in [0.15, 0.2) is 18.5 Å². The lowest BCUT2D eigenvalue weighted by molar-refractivity contribution is -0.134. The van der Waals surface area contributed by atoms with Gasteiger partial charge in [0.15, 0.2) is 0 Å². The predicted molar refractivity (Wildman–Crippen MR) is 62.5 cm³/mol. The summed E-state index contributed by atoms with van der Waals surface area (Å²) in [6, 6.07) is 2.61. The van der Waals surface area contributed by atoms with Gasteiger partial charge < -0.3 is 4.57 Å². The monoisotopic (exact) mass is 275 g/mol. The van der Waals surface area contributed by atoms with Crippen molar-refractivity contribution in [1.82, 2.24) is 14.8 Å². The highest BCUT2D eigenvalue weighted by Gasteiger charge is 2.36. The van der Waals surface area contributed by atoms with Crippen LogP contribution in [0.5, 0.6) is 0 Å². The van der Waals surface area contributed by atoms with E-state index in [1.807, 2.05) is 13.8 Å². The number of hydrogen-bond acceptors (Lipinski definition) is 3.